The van der Waals surface area contributed by atoms with E-state index in [2.05, 4.69) is 25.5 Å². The number of methoxy groups -OCH3 is 2. The second kappa shape index (κ2) is 11.5. The van der Waals surface area contributed by atoms with E-state index >= 15 is 0 Å². The summed E-state index contributed by atoms with van der Waals surface area (Å²) in [7, 11) is 4.46. The maximum atomic E-state index is 14.6. The largest absolute Gasteiger partial charge is 0.495 e. The quantitative estimate of drug-likeness (QED) is 0.461. The molecule has 190 valence electrons. The van der Waals surface area contributed by atoms with Crippen LogP contribution in [-0.4, -0.2) is 63.4 Å². The summed E-state index contributed by atoms with van der Waals surface area (Å²) in [6.45, 7) is 2.85. The lowest BCUT2D eigenvalue weighted by atomic mass is 10.1. The molecule has 10 nitrogen and oxygen atoms in total. The maximum Gasteiger partial charge on any atom is 0.251 e. The molecule has 0 radical (unpaired) electrons. The van der Waals surface area contributed by atoms with Crippen molar-refractivity contribution in [2.24, 2.45) is 0 Å². The molecule has 36 heavy (non-hydrogen) atoms. The van der Waals surface area contributed by atoms with Gasteiger partial charge in [-0.05, 0) is 24.3 Å². The molecule has 1 aliphatic heterocycles. The van der Waals surface area contributed by atoms with Gasteiger partial charge in [0.1, 0.15) is 12.4 Å². The molecule has 4 rings (SSSR count). The number of benzene rings is 2. The number of ether oxygens (including phenoxy) is 4. The lowest BCUT2D eigenvalue weighted by molar-refractivity contribution is 0.0962. The van der Waals surface area contributed by atoms with Crippen molar-refractivity contribution in [1.82, 2.24) is 15.3 Å². The van der Waals surface area contributed by atoms with Crippen molar-refractivity contribution in [2.75, 3.05) is 57.8 Å². The molecule has 0 aliphatic carbocycles. The summed E-state index contributed by atoms with van der Waals surface area (Å²) in [5.41, 5.74) is 2.20. The normalized spacial score (nSPS) is 13.2. The van der Waals surface area contributed by atoms with Crippen molar-refractivity contribution in [3.63, 3.8) is 0 Å². The van der Waals surface area contributed by atoms with Gasteiger partial charge in [0.05, 0.1) is 45.5 Å². The van der Waals surface area contributed by atoms with Crippen molar-refractivity contribution in [2.45, 2.75) is 6.61 Å². The molecule has 0 saturated carbocycles. The number of amides is 1. The Morgan fingerprint density at radius 3 is 2.47 bits per heavy atom. The van der Waals surface area contributed by atoms with Crippen LogP contribution in [0, 0.1) is 5.82 Å². The lowest BCUT2D eigenvalue weighted by Gasteiger charge is -2.30. The molecule has 11 heteroatoms. The Morgan fingerprint density at radius 2 is 1.81 bits per heavy atom. The van der Waals surface area contributed by atoms with E-state index in [4.69, 9.17) is 18.9 Å². The van der Waals surface area contributed by atoms with E-state index in [9.17, 15) is 9.18 Å². The van der Waals surface area contributed by atoms with Gasteiger partial charge < -0.3 is 34.5 Å². The number of hydrogen-bond acceptors (Lipinski definition) is 9. The molecule has 0 spiro atoms. The molecule has 2 N–H and O–H groups in total. The number of carbonyl (C=O) groups excluding carboxylic acids is 1. The molecular formula is C25H28FN5O5. The summed E-state index contributed by atoms with van der Waals surface area (Å²) >= 11 is 0. The number of aromatic nitrogens is 2. The number of morpholine rings is 1. The van der Waals surface area contributed by atoms with E-state index in [1.807, 2.05) is 18.2 Å². The van der Waals surface area contributed by atoms with Gasteiger partial charge in [-0.25, -0.2) is 14.4 Å². The number of rotatable bonds is 9. The van der Waals surface area contributed by atoms with E-state index in [0.29, 0.717) is 24.9 Å². The Morgan fingerprint density at radius 1 is 1.08 bits per heavy atom. The Labute approximate surface area is 208 Å². The summed E-state index contributed by atoms with van der Waals surface area (Å²) in [4.78, 5) is 22.7. The predicted molar refractivity (Wildman–Crippen MR) is 132 cm³/mol. The summed E-state index contributed by atoms with van der Waals surface area (Å²) in [5, 5.41) is 5.64. The molecular weight excluding hydrogens is 469 g/mol. The molecule has 1 saturated heterocycles. The highest BCUT2D eigenvalue weighted by Gasteiger charge is 2.17. The maximum absolute atomic E-state index is 14.6. The Bertz CT molecular complexity index is 1200. The highest BCUT2D eigenvalue weighted by atomic mass is 19.1. The zero-order chi connectivity index (χ0) is 25.5. The van der Waals surface area contributed by atoms with E-state index in [1.54, 1.807) is 7.11 Å². The third kappa shape index (κ3) is 5.74. The van der Waals surface area contributed by atoms with Crippen LogP contribution in [0.2, 0.25) is 0 Å². The topological polar surface area (TPSA) is 107 Å². The Hall–Kier alpha value is -4.12. The van der Waals surface area contributed by atoms with Gasteiger partial charge in [0, 0.05) is 43.0 Å². The number of anilines is 3. The van der Waals surface area contributed by atoms with Gasteiger partial charge in [-0.2, -0.15) is 0 Å². The minimum absolute atomic E-state index is 0.0411. The van der Waals surface area contributed by atoms with E-state index in [0.717, 1.165) is 30.2 Å². The highest BCUT2D eigenvalue weighted by molar-refractivity contribution is 5.94. The first-order chi connectivity index (χ1) is 17.5. The average molecular weight is 498 g/mol. The molecule has 2 aromatic carbocycles. The monoisotopic (exact) mass is 497 g/mol. The Kier molecular flexibility index (Phi) is 8.01. The SMILES string of the molecule is CNC(=O)c1cc(COc2cnc(Nc3ccc(N4CCOCC4)c(OC)c3)nc2)c(F)c(OC)c1. The fourth-order valence-electron chi connectivity index (χ4n) is 3.75. The summed E-state index contributed by atoms with van der Waals surface area (Å²) in [6.07, 6.45) is 2.96. The first kappa shape index (κ1) is 25.0. The second-order valence-electron chi connectivity index (χ2n) is 7.87. The molecule has 1 amide bonds. The first-order valence-electron chi connectivity index (χ1n) is 11.3. The van der Waals surface area contributed by atoms with Gasteiger partial charge in [0.2, 0.25) is 5.95 Å². The van der Waals surface area contributed by atoms with Crippen LogP contribution in [0.15, 0.2) is 42.7 Å². The van der Waals surface area contributed by atoms with E-state index in [-0.39, 0.29) is 29.4 Å². The van der Waals surface area contributed by atoms with Crippen LogP contribution in [-0.2, 0) is 11.3 Å². The lowest BCUT2D eigenvalue weighted by Crippen LogP contribution is -2.36. The molecule has 1 aromatic heterocycles. The predicted octanol–water partition coefficient (Wildman–Crippen LogP) is 3.15. The number of nitrogens with zero attached hydrogens (tertiary/aromatic N) is 3. The standard InChI is InChI=1S/C25H28FN5O5/c1-27-24(32)16-10-17(23(26)22(11-16)34-3)15-36-19-13-28-25(29-14-19)30-18-4-5-20(21(12-18)33-2)31-6-8-35-9-7-31/h4-5,10-14H,6-9,15H2,1-3H3,(H,27,32)(H,28,29,30). The van der Waals surface area contributed by atoms with E-state index in [1.165, 1.54) is 38.7 Å². The second-order valence-corrected chi connectivity index (χ2v) is 7.87. The van der Waals surface area contributed by atoms with Crippen molar-refractivity contribution in [3.05, 3.63) is 59.7 Å². The number of hydrogen-bond donors (Lipinski definition) is 2. The molecule has 2 heterocycles. The summed E-state index contributed by atoms with van der Waals surface area (Å²) in [6, 6.07) is 8.55. The van der Waals surface area contributed by atoms with Crippen molar-refractivity contribution < 1.29 is 28.1 Å². The number of nitrogens with one attached hydrogen (secondary N) is 2. The Balaban J connectivity index is 1.42. The number of carbonyl (C=O) groups is 1. The van der Waals surface area contributed by atoms with Crippen LogP contribution in [0.25, 0.3) is 0 Å². The molecule has 0 atom stereocenters. The molecule has 3 aromatic rings. The highest BCUT2D eigenvalue weighted by Crippen LogP contribution is 2.32. The average Bonchev–Trinajstić information content (AvgIpc) is 2.93. The van der Waals surface area contributed by atoms with Crippen molar-refractivity contribution in [3.8, 4) is 17.2 Å². The van der Waals surface area contributed by atoms with E-state index < -0.39 is 5.82 Å². The third-order valence-electron chi connectivity index (χ3n) is 5.63. The van der Waals surface area contributed by atoms with Crippen molar-refractivity contribution in [1.29, 1.82) is 0 Å². The van der Waals surface area contributed by atoms with Gasteiger partial charge in [-0.15, -0.1) is 0 Å². The van der Waals surface area contributed by atoms with Crippen LogP contribution in [0.4, 0.5) is 21.7 Å². The van der Waals surface area contributed by atoms with Gasteiger partial charge in [0.25, 0.3) is 5.91 Å². The smallest absolute Gasteiger partial charge is 0.251 e. The van der Waals surface area contributed by atoms with Crippen LogP contribution in [0.1, 0.15) is 15.9 Å². The molecule has 0 bridgehead atoms. The zero-order valence-electron chi connectivity index (χ0n) is 20.3. The summed E-state index contributed by atoms with van der Waals surface area (Å²) in [5.74, 6) is 0.433. The minimum atomic E-state index is -0.598. The van der Waals surface area contributed by atoms with Crippen LogP contribution in [0.3, 0.4) is 0 Å². The van der Waals surface area contributed by atoms with Gasteiger partial charge in [-0.3, -0.25) is 4.79 Å². The fraction of sp³-hybridized carbons (Fsp3) is 0.320. The first-order valence-corrected chi connectivity index (χ1v) is 11.3. The summed E-state index contributed by atoms with van der Waals surface area (Å²) < 4.78 is 36.3. The van der Waals surface area contributed by atoms with Gasteiger partial charge in [0.15, 0.2) is 17.3 Å². The fourth-order valence-corrected chi connectivity index (χ4v) is 3.75. The molecule has 1 aliphatic rings. The van der Waals surface area contributed by atoms with Gasteiger partial charge in [-0.1, -0.05) is 0 Å². The molecule has 1 fully saturated rings. The van der Waals surface area contributed by atoms with Crippen LogP contribution >= 0.6 is 0 Å². The van der Waals surface area contributed by atoms with Crippen LogP contribution < -0.4 is 29.7 Å². The minimum Gasteiger partial charge on any atom is -0.495 e. The number of halogens is 1. The van der Waals surface area contributed by atoms with Crippen LogP contribution in [0.5, 0.6) is 17.2 Å². The third-order valence-corrected chi connectivity index (χ3v) is 5.63. The molecule has 0 unspecified atom stereocenters. The van der Waals surface area contributed by atoms with Gasteiger partial charge >= 0.3 is 0 Å². The zero-order valence-corrected chi connectivity index (χ0v) is 20.3. The van der Waals surface area contributed by atoms with Crippen molar-refractivity contribution >= 4 is 23.2 Å².